The van der Waals surface area contributed by atoms with Crippen LogP contribution in [0.15, 0.2) is 54.6 Å². The van der Waals surface area contributed by atoms with Crippen LogP contribution >= 0.6 is 11.6 Å². The first-order valence-electron chi connectivity index (χ1n) is 9.41. The third-order valence-corrected chi connectivity index (χ3v) is 5.52. The fourth-order valence-corrected chi connectivity index (χ4v) is 3.80. The molecule has 0 aromatic heterocycles. The van der Waals surface area contributed by atoms with Gasteiger partial charge in [-0.15, -0.1) is 0 Å². The molecule has 0 aliphatic carbocycles. The van der Waals surface area contributed by atoms with Gasteiger partial charge in [0, 0.05) is 31.0 Å². The van der Waals surface area contributed by atoms with Gasteiger partial charge in [0.05, 0.1) is 16.9 Å². The van der Waals surface area contributed by atoms with Crippen LogP contribution in [-0.2, 0) is 11.0 Å². The van der Waals surface area contributed by atoms with Crippen molar-refractivity contribution >= 4 is 29.0 Å². The molecule has 2 aliphatic heterocycles. The van der Waals surface area contributed by atoms with Crippen molar-refractivity contribution in [3.05, 3.63) is 70.8 Å². The molecule has 4 rings (SSSR count). The molecule has 2 amide bonds. The molecule has 9 heteroatoms. The van der Waals surface area contributed by atoms with Gasteiger partial charge in [-0.25, -0.2) is 4.79 Å². The van der Waals surface area contributed by atoms with Gasteiger partial charge >= 0.3 is 12.2 Å². The molecular weight excluding hydrogens is 419 g/mol. The second-order valence-corrected chi connectivity index (χ2v) is 7.73. The lowest BCUT2D eigenvalue weighted by molar-refractivity contribution is -0.136. The van der Waals surface area contributed by atoms with Gasteiger partial charge in [0.2, 0.25) is 0 Å². The van der Waals surface area contributed by atoms with Crippen LogP contribution < -0.4 is 10.8 Å². The number of hydrogen-bond donors (Lipinski definition) is 2. The van der Waals surface area contributed by atoms with Gasteiger partial charge in [-0.05, 0) is 29.8 Å². The molecule has 158 valence electrons. The van der Waals surface area contributed by atoms with Crippen LogP contribution in [0.1, 0.15) is 24.0 Å². The van der Waals surface area contributed by atoms with Crippen molar-refractivity contribution < 1.29 is 22.8 Å². The van der Waals surface area contributed by atoms with Gasteiger partial charge < -0.3 is 10.2 Å². The number of halogens is 4. The van der Waals surface area contributed by atoms with Crippen molar-refractivity contribution in [2.24, 2.45) is 0 Å². The van der Waals surface area contributed by atoms with Gasteiger partial charge in [-0.1, -0.05) is 41.9 Å². The average molecular weight is 438 g/mol. The Morgan fingerprint density at radius 2 is 1.83 bits per heavy atom. The Morgan fingerprint density at radius 1 is 1.13 bits per heavy atom. The molecule has 5 nitrogen and oxygen atoms in total. The van der Waals surface area contributed by atoms with E-state index in [1.54, 1.807) is 0 Å². The molecule has 1 fully saturated rings. The molecule has 2 aromatic carbocycles. The van der Waals surface area contributed by atoms with Gasteiger partial charge in [0.25, 0.3) is 0 Å². The Kier molecular flexibility index (Phi) is 5.38. The van der Waals surface area contributed by atoms with E-state index in [1.165, 1.54) is 11.0 Å². The number of nitrogens with one attached hydrogen (secondary N) is 2. The second kappa shape index (κ2) is 7.85. The number of likely N-dealkylation sites (tertiary alicyclic amines) is 1. The monoisotopic (exact) mass is 437 g/mol. The van der Waals surface area contributed by atoms with Crippen molar-refractivity contribution in [1.82, 2.24) is 10.4 Å². The van der Waals surface area contributed by atoms with Crippen LogP contribution in [0.5, 0.6) is 0 Å². The van der Waals surface area contributed by atoms with Gasteiger partial charge in [-0.2, -0.15) is 13.2 Å². The van der Waals surface area contributed by atoms with Crippen molar-refractivity contribution in [3.63, 3.8) is 0 Å². The zero-order valence-electron chi connectivity index (χ0n) is 15.8. The van der Waals surface area contributed by atoms with Crippen LogP contribution in [0.4, 0.5) is 23.7 Å². The standard InChI is InChI=1S/C21H19ClF3N3O2/c22-15-6-7-17(16(12-15)21(23,24)25)26-19(29)28-10-8-20(9-11-28)13-18(27-30-20)14-4-2-1-3-5-14/h1-7,12-13,27H,8-11H2,(H,26,29). The Hall–Kier alpha value is -2.71. The molecule has 0 radical (unpaired) electrons. The summed E-state index contributed by atoms with van der Waals surface area (Å²) < 4.78 is 39.7. The molecule has 2 heterocycles. The molecule has 0 bridgehead atoms. The summed E-state index contributed by atoms with van der Waals surface area (Å²) >= 11 is 5.68. The number of amides is 2. The number of nitrogens with zero attached hydrogens (tertiary/aromatic N) is 1. The number of urea groups is 1. The Bertz CT molecular complexity index is 971. The number of hydrogen-bond acceptors (Lipinski definition) is 3. The quantitative estimate of drug-likeness (QED) is 0.670. The van der Waals surface area contributed by atoms with Gasteiger partial charge in [0.1, 0.15) is 5.60 Å². The summed E-state index contributed by atoms with van der Waals surface area (Å²) in [7, 11) is 0. The third-order valence-electron chi connectivity index (χ3n) is 5.28. The Labute approximate surface area is 176 Å². The van der Waals surface area contributed by atoms with Gasteiger partial charge in [0.15, 0.2) is 0 Å². The van der Waals surface area contributed by atoms with E-state index in [-0.39, 0.29) is 10.7 Å². The van der Waals surface area contributed by atoms with Crippen LogP contribution in [0.3, 0.4) is 0 Å². The number of anilines is 1. The summed E-state index contributed by atoms with van der Waals surface area (Å²) in [6, 6.07) is 12.4. The number of carbonyl (C=O) groups excluding carboxylic acids is 1. The molecule has 2 aliphatic rings. The van der Waals surface area contributed by atoms with E-state index in [2.05, 4.69) is 10.8 Å². The number of benzene rings is 2. The summed E-state index contributed by atoms with van der Waals surface area (Å²) in [5.74, 6) is 0. The lowest BCUT2D eigenvalue weighted by atomic mass is 9.90. The third kappa shape index (κ3) is 4.24. The first-order chi connectivity index (χ1) is 14.3. The molecule has 30 heavy (non-hydrogen) atoms. The van der Waals surface area contributed by atoms with E-state index in [4.69, 9.17) is 16.4 Å². The fourth-order valence-electron chi connectivity index (χ4n) is 3.63. The lowest BCUT2D eigenvalue weighted by Crippen LogP contribution is -2.48. The zero-order chi connectivity index (χ0) is 21.4. The number of piperidine rings is 1. The van der Waals surface area contributed by atoms with Crippen LogP contribution in [0.2, 0.25) is 5.02 Å². The molecule has 0 unspecified atom stereocenters. The predicted octanol–water partition coefficient (Wildman–Crippen LogP) is 5.30. The van der Waals surface area contributed by atoms with Crippen molar-refractivity contribution in [1.29, 1.82) is 0 Å². The molecule has 2 N–H and O–H groups in total. The number of alkyl halides is 3. The summed E-state index contributed by atoms with van der Waals surface area (Å²) in [5, 5.41) is 2.32. The largest absolute Gasteiger partial charge is 0.418 e. The van der Waals surface area contributed by atoms with E-state index in [0.29, 0.717) is 25.9 Å². The average Bonchev–Trinajstić information content (AvgIpc) is 3.13. The highest BCUT2D eigenvalue weighted by Gasteiger charge is 2.40. The SMILES string of the molecule is O=C(Nc1ccc(Cl)cc1C(F)(F)F)N1CCC2(C=C(c3ccccc3)NO2)CC1. The van der Waals surface area contributed by atoms with E-state index in [0.717, 1.165) is 23.4 Å². The van der Waals surface area contributed by atoms with E-state index >= 15 is 0 Å². The highest BCUT2D eigenvalue weighted by molar-refractivity contribution is 6.30. The van der Waals surface area contributed by atoms with Gasteiger partial charge in [-0.3, -0.25) is 10.3 Å². The maximum atomic E-state index is 13.2. The minimum Gasteiger partial charge on any atom is -0.324 e. The van der Waals surface area contributed by atoms with Crippen molar-refractivity contribution in [3.8, 4) is 0 Å². The molecular formula is C21H19ClF3N3O2. The summed E-state index contributed by atoms with van der Waals surface area (Å²) in [4.78, 5) is 19.9. The lowest BCUT2D eigenvalue weighted by Gasteiger charge is -2.36. The number of hydroxylamine groups is 1. The van der Waals surface area contributed by atoms with Crippen molar-refractivity contribution in [2.45, 2.75) is 24.6 Å². The van der Waals surface area contributed by atoms with Crippen molar-refractivity contribution in [2.75, 3.05) is 18.4 Å². The summed E-state index contributed by atoms with van der Waals surface area (Å²) in [6.45, 7) is 0.696. The first-order valence-corrected chi connectivity index (χ1v) is 9.79. The summed E-state index contributed by atoms with van der Waals surface area (Å²) in [5.41, 5.74) is 2.98. The molecule has 0 atom stereocenters. The van der Waals surface area contributed by atoms with Crippen LogP contribution in [-0.4, -0.2) is 29.6 Å². The maximum absolute atomic E-state index is 13.2. The van der Waals surface area contributed by atoms with Crippen LogP contribution in [0.25, 0.3) is 5.70 Å². The van der Waals surface area contributed by atoms with Crippen LogP contribution in [0, 0.1) is 0 Å². The zero-order valence-corrected chi connectivity index (χ0v) is 16.6. The predicted molar refractivity (Wildman–Crippen MR) is 108 cm³/mol. The highest BCUT2D eigenvalue weighted by Crippen LogP contribution is 2.37. The normalized spacial score (nSPS) is 18.1. The smallest absolute Gasteiger partial charge is 0.324 e. The minimum atomic E-state index is -4.62. The number of carbonyl (C=O) groups is 1. The topological polar surface area (TPSA) is 53.6 Å². The Balaban J connectivity index is 1.42. The maximum Gasteiger partial charge on any atom is 0.418 e. The molecule has 1 saturated heterocycles. The number of rotatable bonds is 2. The highest BCUT2D eigenvalue weighted by atomic mass is 35.5. The second-order valence-electron chi connectivity index (χ2n) is 7.30. The van der Waals surface area contributed by atoms with E-state index < -0.39 is 23.4 Å². The minimum absolute atomic E-state index is 0.0490. The first kappa shape index (κ1) is 20.6. The molecule has 0 saturated carbocycles. The van der Waals surface area contributed by atoms with E-state index in [9.17, 15) is 18.0 Å². The van der Waals surface area contributed by atoms with E-state index in [1.807, 2.05) is 36.4 Å². The Morgan fingerprint density at radius 3 is 2.50 bits per heavy atom. The fraction of sp³-hybridized carbons (Fsp3) is 0.286. The molecule has 2 aromatic rings. The summed E-state index contributed by atoms with van der Waals surface area (Å²) in [6.07, 6.45) is -1.56. The molecule has 1 spiro atoms.